The van der Waals surface area contributed by atoms with Crippen LogP contribution < -0.4 is 0 Å². The van der Waals surface area contributed by atoms with Crippen LogP contribution in [0.4, 0.5) is 0 Å². The maximum atomic E-state index is 11.1. The molecule has 0 aliphatic heterocycles. The fraction of sp³-hybridized carbons (Fsp3) is 0. The first-order chi connectivity index (χ1) is 6.75. The van der Waals surface area contributed by atoms with Crippen LogP contribution >= 0.6 is 49.8 Å². The van der Waals surface area contributed by atoms with Gasteiger partial charge in [0, 0.05) is 15.2 Å². The lowest BCUT2D eigenvalue weighted by molar-refractivity contribution is 0.108. The second-order valence-corrected chi connectivity index (χ2v) is 6.53. The fourth-order valence-corrected chi connectivity index (χ4v) is 4.26. The van der Waals surface area contributed by atoms with Gasteiger partial charge in [-0.15, -0.1) is 0 Å². The highest BCUT2D eigenvalue weighted by molar-refractivity contribution is 9.10. The SMILES string of the molecule is O=C(Cl)c1ccc(Br)c(S(=O)(=O)Cl)c1Cl. The summed E-state index contributed by atoms with van der Waals surface area (Å²) in [6.07, 6.45) is 0. The summed E-state index contributed by atoms with van der Waals surface area (Å²) in [4.78, 5) is 10.5. The molecule has 0 saturated heterocycles. The van der Waals surface area contributed by atoms with Gasteiger partial charge in [0.25, 0.3) is 14.3 Å². The van der Waals surface area contributed by atoms with E-state index in [-0.39, 0.29) is 20.0 Å². The van der Waals surface area contributed by atoms with Crippen molar-refractivity contribution in [3.8, 4) is 0 Å². The van der Waals surface area contributed by atoms with Gasteiger partial charge in [0.1, 0.15) is 4.90 Å². The topological polar surface area (TPSA) is 51.2 Å². The lowest BCUT2D eigenvalue weighted by atomic mass is 10.2. The number of benzene rings is 1. The second-order valence-electron chi connectivity index (χ2n) is 2.45. The largest absolute Gasteiger partial charge is 0.276 e. The quantitative estimate of drug-likeness (QED) is 0.767. The predicted octanol–water partition coefficient (Wildman–Crippen LogP) is 3.41. The van der Waals surface area contributed by atoms with E-state index in [1.807, 2.05) is 0 Å². The first-order valence-electron chi connectivity index (χ1n) is 3.37. The Morgan fingerprint density at radius 3 is 2.27 bits per heavy atom. The highest BCUT2D eigenvalue weighted by Gasteiger charge is 2.23. The van der Waals surface area contributed by atoms with Crippen LogP contribution in [0.25, 0.3) is 0 Å². The van der Waals surface area contributed by atoms with E-state index in [2.05, 4.69) is 15.9 Å². The van der Waals surface area contributed by atoms with Crippen molar-refractivity contribution in [2.45, 2.75) is 4.90 Å². The molecular formula is C7H2BrCl3O3S. The zero-order valence-electron chi connectivity index (χ0n) is 6.80. The summed E-state index contributed by atoms with van der Waals surface area (Å²) in [7, 11) is 1.11. The van der Waals surface area contributed by atoms with Gasteiger partial charge >= 0.3 is 0 Å². The normalized spacial score (nSPS) is 11.5. The molecular weight excluding hydrogens is 350 g/mol. The number of carbonyl (C=O) groups excluding carboxylic acids is 1. The van der Waals surface area contributed by atoms with Crippen LogP contribution in [0.15, 0.2) is 21.5 Å². The molecule has 0 bridgehead atoms. The van der Waals surface area contributed by atoms with Gasteiger partial charge in [0.2, 0.25) is 0 Å². The van der Waals surface area contributed by atoms with Crippen LogP contribution in [0.3, 0.4) is 0 Å². The maximum absolute atomic E-state index is 11.1. The molecule has 8 heteroatoms. The molecule has 1 aromatic rings. The summed E-state index contributed by atoms with van der Waals surface area (Å²) in [5, 5.41) is -1.14. The van der Waals surface area contributed by atoms with Crippen molar-refractivity contribution in [3.05, 3.63) is 27.2 Å². The van der Waals surface area contributed by atoms with Gasteiger partial charge in [-0.1, -0.05) is 11.6 Å². The van der Waals surface area contributed by atoms with Crippen LogP contribution in [-0.4, -0.2) is 13.7 Å². The van der Waals surface area contributed by atoms with Gasteiger partial charge in [-0.2, -0.15) is 0 Å². The Morgan fingerprint density at radius 1 is 1.33 bits per heavy atom. The Hall–Kier alpha value is 0.190. The van der Waals surface area contributed by atoms with Crippen molar-refractivity contribution in [2.75, 3.05) is 0 Å². The summed E-state index contributed by atoms with van der Waals surface area (Å²) in [6, 6.07) is 2.63. The van der Waals surface area contributed by atoms with Gasteiger partial charge in [-0.3, -0.25) is 4.79 Å². The molecule has 0 radical (unpaired) electrons. The van der Waals surface area contributed by atoms with E-state index < -0.39 is 14.3 Å². The predicted molar refractivity (Wildman–Crippen MR) is 62.4 cm³/mol. The average molecular weight is 352 g/mol. The number of hydrogen-bond acceptors (Lipinski definition) is 3. The summed E-state index contributed by atoms with van der Waals surface area (Å²) in [5.41, 5.74) is -0.110. The Bertz CT molecular complexity index is 527. The molecule has 0 aromatic heterocycles. The number of rotatable bonds is 2. The highest BCUT2D eigenvalue weighted by atomic mass is 79.9. The van der Waals surface area contributed by atoms with Gasteiger partial charge in [-0.05, 0) is 39.7 Å². The molecule has 0 atom stereocenters. The third-order valence-electron chi connectivity index (χ3n) is 1.50. The third-order valence-corrected chi connectivity index (χ3v) is 4.51. The zero-order chi connectivity index (χ0) is 11.8. The molecule has 1 rings (SSSR count). The smallest absolute Gasteiger partial charge is 0.263 e. The van der Waals surface area contributed by atoms with Crippen molar-refractivity contribution in [1.29, 1.82) is 0 Å². The maximum Gasteiger partial charge on any atom is 0.263 e. The Balaban J connectivity index is 3.66. The number of halogens is 4. The van der Waals surface area contributed by atoms with Crippen molar-refractivity contribution < 1.29 is 13.2 Å². The first-order valence-corrected chi connectivity index (χ1v) is 7.23. The van der Waals surface area contributed by atoms with Crippen LogP contribution in [0.1, 0.15) is 10.4 Å². The standard InChI is InChI=1S/C7H2BrCl3O3S/c8-4-2-1-3(7(10)12)5(9)6(4)15(11,13)14/h1-2H. The van der Waals surface area contributed by atoms with Crippen molar-refractivity contribution in [2.24, 2.45) is 0 Å². The molecule has 0 aliphatic rings. The van der Waals surface area contributed by atoms with Crippen molar-refractivity contribution in [3.63, 3.8) is 0 Å². The molecule has 15 heavy (non-hydrogen) atoms. The minimum absolute atomic E-state index is 0.110. The summed E-state index contributed by atoms with van der Waals surface area (Å²) >= 11 is 13.9. The summed E-state index contributed by atoms with van der Waals surface area (Å²) in [6.45, 7) is 0. The Labute approximate surface area is 109 Å². The molecule has 0 spiro atoms. The van der Waals surface area contributed by atoms with E-state index in [0.717, 1.165) is 0 Å². The molecule has 0 aliphatic carbocycles. The van der Waals surface area contributed by atoms with E-state index in [4.69, 9.17) is 33.9 Å². The van der Waals surface area contributed by atoms with Gasteiger partial charge in [-0.25, -0.2) is 8.42 Å². The lowest BCUT2D eigenvalue weighted by Gasteiger charge is -2.05. The summed E-state index contributed by atoms with van der Waals surface area (Å²) in [5.74, 6) is 0. The molecule has 0 heterocycles. The minimum atomic E-state index is -4.04. The first kappa shape index (κ1) is 13.3. The van der Waals surface area contributed by atoms with Crippen LogP contribution in [-0.2, 0) is 9.05 Å². The number of hydrogen-bond donors (Lipinski definition) is 0. The lowest BCUT2D eigenvalue weighted by Crippen LogP contribution is -1.99. The third kappa shape index (κ3) is 2.85. The Kier molecular flexibility index (Phi) is 4.06. The highest BCUT2D eigenvalue weighted by Crippen LogP contribution is 2.35. The van der Waals surface area contributed by atoms with Gasteiger partial charge in [0.05, 0.1) is 10.6 Å². The van der Waals surface area contributed by atoms with E-state index in [0.29, 0.717) is 0 Å². The Morgan fingerprint density at radius 2 is 1.87 bits per heavy atom. The molecule has 0 unspecified atom stereocenters. The molecule has 0 saturated carbocycles. The van der Waals surface area contributed by atoms with Crippen LogP contribution in [0.2, 0.25) is 5.02 Å². The zero-order valence-corrected chi connectivity index (χ0v) is 11.5. The van der Waals surface area contributed by atoms with Gasteiger partial charge in [0.15, 0.2) is 0 Å². The molecule has 1 aromatic carbocycles. The average Bonchev–Trinajstić information content (AvgIpc) is 2.00. The van der Waals surface area contributed by atoms with Crippen LogP contribution in [0.5, 0.6) is 0 Å². The molecule has 3 nitrogen and oxygen atoms in total. The molecule has 0 N–H and O–H groups in total. The molecule has 82 valence electrons. The fourth-order valence-electron chi connectivity index (χ4n) is 0.908. The van der Waals surface area contributed by atoms with Crippen molar-refractivity contribution >= 4 is 64.1 Å². The van der Waals surface area contributed by atoms with Crippen molar-refractivity contribution in [1.82, 2.24) is 0 Å². The monoisotopic (exact) mass is 350 g/mol. The van der Waals surface area contributed by atoms with E-state index in [1.54, 1.807) is 0 Å². The van der Waals surface area contributed by atoms with Crippen LogP contribution in [0, 0.1) is 0 Å². The number of carbonyl (C=O) groups is 1. The molecule has 0 fully saturated rings. The molecule has 0 amide bonds. The summed E-state index contributed by atoms with van der Waals surface area (Å²) < 4.78 is 22.5. The van der Waals surface area contributed by atoms with E-state index >= 15 is 0 Å². The second kappa shape index (κ2) is 4.59. The van der Waals surface area contributed by atoms with E-state index in [9.17, 15) is 13.2 Å². The van der Waals surface area contributed by atoms with Gasteiger partial charge < -0.3 is 0 Å². The minimum Gasteiger partial charge on any atom is -0.276 e. The van der Waals surface area contributed by atoms with E-state index in [1.165, 1.54) is 12.1 Å².